The van der Waals surface area contributed by atoms with Gasteiger partial charge in [-0.05, 0) is 12.5 Å². The van der Waals surface area contributed by atoms with Gasteiger partial charge in [-0.15, -0.1) is 6.42 Å². The standard InChI is InChI=1S/C11H11Cl3N2/c1-3-5-7(4-2)15-11-9(13)6-8(12)10(14)16-11/h2,6-7H,3,5H2,1H3,(H,15,16). The number of anilines is 1. The summed E-state index contributed by atoms with van der Waals surface area (Å²) < 4.78 is 0. The van der Waals surface area contributed by atoms with Crippen molar-refractivity contribution in [2.45, 2.75) is 25.8 Å². The zero-order chi connectivity index (χ0) is 12.1. The summed E-state index contributed by atoms with van der Waals surface area (Å²) in [5, 5.41) is 3.98. The van der Waals surface area contributed by atoms with Crippen LogP contribution in [0.2, 0.25) is 15.2 Å². The highest BCUT2D eigenvalue weighted by Gasteiger charge is 2.11. The molecule has 0 aliphatic heterocycles. The molecule has 0 spiro atoms. The summed E-state index contributed by atoms with van der Waals surface area (Å²) in [5.41, 5.74) is 0. The smallest absolute Gasteiger partial charge is 0.150 e. The van der Waals surface area contributed by atoms with Crippen LogP contribution in [0.4, 0.5) is 5.82 Å². The van der Waals surface area contributed by atoms with E-state index in [2.05, 4.69) is 23.1 Å². The maximum atomic E-state index is 5.97. The molecule has 0 aliphatic rings. The summed E-state index contributed by atoms with van der Waals surface area (Å²) in [5.74, 6) is 3.09. The zero-order valence-electron chi connectivity index (χ0n) is 8.73. The van der Waals surface area contributed by atoms with Gasteiger partial charge in [0.1, 0.15) is 11.0 Å². The minimum Gasteiger partial charge on any atom is -0.355 e. The van der Waals surface area contributed by atoms with E-state index in [4.69, 9.17) is 41.2 Å². The van der Waals surface area contributed by atoms with E-state index in [-0.39, 0.29) is 11.2 Å². The van der Waals surface area contributed by atoms with Gasteiger partial charge in [0.25, 0.3) is 0 Å². The minimum atomic E-state index is -0.104. The lowest BCUT2D eigenvalue weighted by molar-refractivity contribution is 0.752. The van der Waals surface area contributed by atoms with Crippen molar-refractivity contribution >= 4 is 40.6 Å². The van der Waals surface area contributed by atoms with Crippen molar-refractivity contribution in [3.8, 4) is 12.3 Å². The molecular formula is C11H11Cl3N2. The van der Waals surface area contributed by atoms with E-state index in [0.717, 1.165) is 12.8 Å². The van der Waals surface area contributed by atoms with Crippen molar-refractivity contribution < 1.29 is 0 Å². The minimum absolute atomic E-state index is 0.104. The maximum absolute atomic E-state index is 5.97. The van der Waals surface area contributed by atoms with E-state index in [1.807, 2.05) is 0 Å². The first-order chi connectivity index (χ1) is 7.58. The van der Waals surface area contributed by atoms with Crippen LogP contribution in [0.3, 0.4) is 0 Å². The Labute approximate surface area is 110 Å². The quantitative estimate of drug-likeness (QED) is 0.657. The molecule has 0 radical (unpaired) electrons. The van der Waals surface area contributed by atoms with Gasteiger partial charge < -0.3 is 5.32 Å². The average Bonchev–Trinajstić information content (AvgIpc) is 2.25. The Morgan fingerprint density at radius 3 is 2.69 bits per heavy atom. The number of terminal acetylenes is 1. The number of aromatic nitrogens is 1. The van der Waals surface area contributed by atoms with Gasteiger partial charge in [-0.3, -0.25) is 0 Å². The van der Waals surface area contributed by atoms with Crippen LogP contribution in [0.15, 0.2) is 6.07 Å². The van der Waals surface area contributed by atoms with Gasteiger partial charge in [0, 0.05) is 0 Å². The lowest BCUT2D eigenvalue weighted by Gasteiger charge is -2.14. The van der Waals surface area contributed by atoms with Crippen molar-refractivity contribution in [3.63, 3.8) is 0 Å². The van der Waals surface area contributed by atoms with Crippen LogP contribution in [-0.4, -0.2) is 11.0 Å². The number of nitrogens with one attached hydrogen (secondary N) is 1. The molecule has 0 fully saturated rings. The molecule has 0 amide bonds. The molecule has 1 atom stereocenters. The van der Waals surface area contributed by atoms with Gasteiger partial charge in [-0.1, -0.05) is 54.1 Å². The number of pyridine rings is 1. The van der Waals surface area contributed by atoms with Crippen LogP contribution < -0.4 is 5.32 Å². The molecular weight excluding hydrogens is 266 g/mol. The fraction of sp³-hybridized carbons (Fsp3) is 0.364. The summed E-state index contributed by atoms with van der Waals surface area (Å²) >= 11 is 17.5. The summed E-state index contributed by atoms with van der Waals surface area (Å²) in [6.07, 6.45) is 7.20. The van der Waals surface area contributed by atoms with Gasteiger partial charge >= 0.3 is 0 Å². The molecule has 0 saturated carbocycles. The summed E-state index contributed by atoms with van der Waals surface area (Å²) in [6.45, 7) is 2.05. The number of hydrogen-bond acceptors (Lipinski definition) is 2. The van der Waals surface area contributed by atoms with Crippen LogP contribution in [0.1, 0.15) is 19.8 Å². The molecule has 86 valence electrons. The summed E-state index contributed by atoms with van der Waals surface area (Å²) in [7, 11) is 0. The Bertz CT molecular complexity index is 412. The Kier molecular flexibility index (Phi) is 5.21. The number of rotatable bonds is 4. The zero-order valence-corrected chi connectivity index (χ0v) is 11.0. The normalized spacial score (nSPS) is 11.9. The molecule has 1 aromatic heterocycles. The highest BCUT2D eigenvalue weighted by molar-refractivity contribution is 6.42. The Morgan fingerprint density at radius 2 is 2.12 bits per heavy atom. The van der Waals surface area contributed by atoms with Crippen LogP contribution in [0, 0.1) is 12.3 Å². The molecule has 0 bridgehead atoms. The first kappa shape index (κ1) is 13.4. The van der Waals surface area contributed by atoms with Gasteiger partial charge in [0.05, 0.1) is 16.1 Å². The number of nitrogens with zero attached hydrogens (tertiary/aromatic N) is 1. The molecule has 0 aromatic carbocycles. The van der Waals surface area contributed by atoms with Gasteiger partial charge in [-0.2, -0.15) is 0 Å². The predicted octanol–water partition coefficient (Wildman–Crippen LogP) is 4.26. The third-order valence-corrected chi connectivity index (χ3v) is 2.94. The molecule has 2 nitrogen and oxygen atoms in total. The first-order valence-corrected chi connectivity index (χ1v) is 5.96. The molecule has 1 unspecified atom stereocenters. The van der Waals surface area contributed by atoms with Crippen LogP contribution in [-0.2, 0) is 0 Å². The average molecular weight is 278 g/mol. The van der Waals surface area contributed by atoms with Crippen LogP contribution in [0.5, 0.6) is 0 Å². The third kappa shape index (κ3) is 3.45. The predicted molar refractivity (Wildman–Crippen MR) is 70.4 cm³/mol. The Hall–Kier alpha value is -0.620. The van der Waals surface area contributed by atoms with Gasteiger partial charge in [0.2, 0.25) is 0 Å². The van der Waals surface area contributed by atoms with Gasteiger partial charge in [0.15, 0.2) is 0 Å². The summed E-state index contributed by atoms with van der Waals surface area (Å²) in [6, 6.07) is 1.44. The van der Waals surface area contributed by atoms with E-state index in [1.165, 1.54) is 0 Å². The lowest BCUT2D eigenvalue weighted by Crippen LogP contribution is -2.17. The fourth-order valence-corrected chi connectivity index (χ4v) is 1.75. The molecule has 1 rings (SSSR count). The highest BCUT2D eigenvalue weighted by Crippen LogP contribution is 2.29. The monoisotopic (exact) mass is 276 g/mol. The second kappa shape index (κ2) is 6.20. The largest absolute Gasteiger partial charge is 0.355 e. The molecule has 5 heteroatoms. The molecule has 0 aliphatic carbocycles. The van der Waals surface area contributed by atoms with E-state index < -0.39 is 0 Å². The Morgan fingerprint density at radius 1 is 1.44 bits per heavy atom. The van der Waals surface area contributed by atoms with E-state index in [1.54, 1.807) is 6.07 Å². The maximum Gasteiger partial charge on any atom is 0.150 e. The highest BCUT2D eigenvalue weighted by atomic mass is 35.5. The molecule has 1 aromatic rings. The van der Waals surface area contributed by atoms with Crippen molar-refractivity contribution in [1.29, 1.82) is 0 Å². The van der Waals surface area contributed by atoms with Crippen molar-refractivity contribution in [2.75, 3.05) is 5.32 Å². The van der Waals surface area contributed by atoms with Crippen LogP contribution in [0.25, 0.3) is 0 Å². The fourth-order valence-electron chi connectivity index (χ4n) is 1.20. The third-order valence-electron chi connectivity index (χ3n) is 1.98. The van der Waals surface area contributed by atoms with E-state index in [9.17, 15) is 0 Å². The van der Waals surface area contributed by atoms with E-state index >= 15 is 0 Å². The van der Waals surface area contributed by atoms with Crippen molar-refractivity contribution in [3.05, 3.63) is 21.3 Å². The Balaban J connectivity index is 2.89. The number of halogens is 3. The van der Waals surface area contributed by atoms with Gasteiger partial charge in [-0.25, -0.2) is 4.98 Å². The molecule has 16 heavy (non-hydrogen) atoms. The molecule has 0 saturated heterocycles. The topological polar surface area (TPSA) is 24.9 Å². The molecule has 1 N–H and O–H groups in total. The van der Waals surface area contributed by atoms with E-state index in [0.29, 0.717) is 15.9 Å². The molecule has 1 heterocycles. The van der Waals surface area contributed by atoms with Crippen molar-refractivity contribution in [1.82, 2.24) is 4.98 Å². The SMILES string of the molecule is C#CC(CCC)Nc1nc(Cl)c(Cl)cc1Cl. The first-order valence-electron chi connectivity index (χ1n) is 4.82. The number of hydrogen-bond donors (Lipinski definition) is 1. The second-order valence-corrected chi connectivity index (χ2v) is 4.42. The van der Waals surface area contributed by atoms with Crippen LogP contribution >= 0.6 is 34.8 Å². The summed E-state index contributed by atoms with van der Waals surface area (Å²) in [4.78, 5) is 4.04. The lowest BCUT2D eigenvalue weighted by atomic mass is 10.2. The van der Waals surface area contributed by atoms with Crippen molar-refractivity contribution in [2.24, 2.45) is 0 Å². The second-order valence-electron chi connectivity index (χ2n) is 3.24.